The Morgan fingerprint density at radius 3 is 2.58 bits per heavy atom. The van der Waals surface area contributed by atoms with Gasteiger partial charge in [-0.3, -0.25) is 4.79 Å². The Morgan fingerprint density at radius 2 is 1.84 bits per heavy atom. The van der Waals surface area contributed by atoms with Crippen LogP contribution in [0.1, 0.15) is 31.2 Å². The van der Waals surface area contributed by atoms with E-state index in [2.05, 4.69) is 10.3 Å². The van der Waals surface area contributed by atoms with Crippen molar-refractivity contribution in [3.05, 3.63) is 54.1 Å². The summed E-state index contributed by atoms with van der Waals surface area (Å²) < 4.78 is 28.8. The highest BCUT2D eigenvalue weighted by atomic mass is 32.2. The number of carbonyl (C=O) groups is 1. The van der Waals surface area contributed by atoms with Crippen molar-refractivity contribution in [2.45, 2.75) is 43.7 Å². The highest BCUT2D eigenvalue weighted by Gasteiger charge is 2.27. The maximum absolute atomic E-state index is 12.8. The van der Waals surface area contributed by atoms with Gasteiger partial charge in [0, 0.05) is 39.6 Å². The van der Waals surface area contributed by atoms with Gasteiger partial charge in [-0.15, -0.1) is 5.10 Å². The minimum Gasteiger partial charge on any atom is -0.341 e. The van der Waals surface area contributed by atoms with Gasteiger partial charge < -0.3 is 4.90 Å². The lowest BCUT2D eigenvalue weighted by Gasteiger charge is -2.17. The molecule has 2 heterocycles. The van der Waals surface area contributed by atoms with E-state index in [1.54, 1.807) is 27.8 Å². The van der Waals surface area contributed by atoms with E-state index in [0.29, 0.717) is 44.5 Å². The zero-order chi connectivity index (χ0) is 21.8. The Kier molecular flexibility index (Phi) is 6.33. The molecule has 1 aliphatic rings. The molecule has 1 saturated heterocycles. The highest BCUT2D eigenvalue weighted by molar-refractivity contribution is 7.89. The number of nitrogens with zero attached hydrogens (tertiary/aromatic N) is 5. The molecule has 1 amide bonds. The summed E-state index contributed by atoms with van der Waals surface area (Å²) in [5.74, 6) is 0.0762. The van der Waals surface area contributed by atoms with Gasteiger partial charge in [0.15, 0.2) is 0 Å². The van der Waals surface area contributed by atoms with Crippen LogP contribution in [0, 0.1) is 0 Å². The summed E-state index contributed by atoms with van der Waals surface area (Å²) in [5, 5.41) is 8.30. The third-order valence-corrected chi connectivity index (χ3v) is 7.53. The average molecular weight is 442 g/mol. The van der Waals surface area contributed by atoms with Crippen LogP contribution < -0.4 is 0 Å². The molecular formula is C22H27N5O3S. The van der Waals surface area contributed by atoms with Gasteiger partial charge in [0.1, 0.15) is 5.52 Å². The maximum Gasteiger partial charge on any atom is 0.243 e. The van der Waals surface area contributed by atoms with Crippen LogP contribution in [0.4, 0.5) is 0 Å². The van der Waals surface area contributed by atoms with Crippen LogP contribution in [-0.4, -0.2) is 58.7 Å². The smallest absolute Gasteiger partial charge is 0.243 e. The second-order valence-electron chi connectivity index (χ2n) is 7.91. The van der Waals surface area contributed by atoms with Crippen LogP contribution in [0.3, 0.4) is 0 Å². The molecule has 4 rings (SSSR count). The Bertz CT molecular complexity index is 1150. The van der Waals surface area contributed by atoms with Crippen LogP contribution in [0.15, 0.2) is 53.4 Å². The molecular weight excluding hydrogens is 414 g/mol. The molecule has 0 atom stereocenters. The molecule has 31 heavy (non-hydrogen) atoms. The third-order valence-electron chi connectivity index (χ3n) is 5.64. The predicted octanol–water partition coefficient (Wildman–Crippen LogP) is 2.65. The third kappa shape index (κ3) is 4.77. The summed E-state index contributed by atoms with van der Waals surface area (Å²) in [6.45, 7) is 2.26. The number of aromatic nitrogens is 3. The normalized spacial score (nSPS) is 14.9. The number of aryl methyl sites for hydroxylation is 1. The lowest BCUT2D eigenvalue weighted by atomic mass is 10.2. The predicted molar refractivity (Wildman–Crippen MR) is 118 cm³/mol. The first kappa shape index (κ1) is 21.5. The number of hydrogen-bond acceptors (Lipinski definition) is 5. The fourth-order valence-corrected chi connectivity index (χ4v) is 5.41. The number of rotatable bonds is 8. The lowest BCUT2D eigenvalue weighted by molar-refractivity contribution is -0.130. The Balaban J connectivity index is 1.36. The van der Waals surface area contributed by atoms with Gasteiger partial charge in [0.2, 0.25) is 15.9 Å². The van der Waals surface area contributed by atoms with Gasteiger partial charge in [-0.25, -0.2) is 13.1 Å². The molecule has 0 unspecified atom stereocenters. The standard InChI is InChI=1S/C22H27N5O3S/c1-25(17-18-8-3-2-4-9-18)22(28)10-7-15-27-21-12-11-19(16-20(21)23-24-27)31(29,30)26-13-5-6-14-26/h2-4,8-9,11-12,16H,5-7,10,13-15,17H2,1H3. The van der Waals surface area contributed by atoms with Gasteiger partial charge in [-0.2, -0.15) is 4.31 Å². The van der Waals surface area contributed by atoms with Crippen molar-refractivity contribution in [2.75, 3.05) is 20.1 Å². The van der Waals surface area contributed by atoms with Gasteiger partial charge >= 0.3 is 0 Å². The first-order valence-electron chi connectivity index (χ1n) is 10.6. The molecule has 0 radical (unpaired) electrons. The van der Waals surface area contributed by atoms with Crippen molar-refractivity contribution in [2.24, 2.45) is 0 Å². The zero-order valence-electron chi connectivity index (χ0n) is 17.6. The molecule has 2 aromatic carbocycles. The topological polar surface area (TPSA) is 88.4 Å². The highest BCUT2D eigenvalue weighted by Crippen LogP contribution is 2.23. The molecule has 9 heteroatoms. The Morgan fingerprint density at radius 1 is 1.10 bits per heavy atom. The van der Waals surface area contributed by atoms with E-state index in [1.807, 2.05) is 37.4 Å². The molecule has 0 N–H and O–H groups in total. The first-order valence-corrected chi connectivity index (χ1v) is 12.0. The molecule has 8 nitrogen and oxygen atoms in total. The second kappa shape index (κ2) is 9.15. The van der Waals surface area contributed by atoms with Crippen molar-refractivity contribution in [3.63, 3.8) is 0 Å². The van der Waals surface area contributed by atoms with Crippen LogP contribution >= 0.6 is 0 Å². The molecule has 1 fully saturated rings. The minimum absolute atomic E-state index is 0.0762. The van der Waals surface area contributed by atoms with E-state index in [9.17, 15) is 13.2 Å². The number of benzene rings is 2. The number of fused-ring (bicyclic) bond motifs is 1. The molecule has 0 spiro atoms. The van der Waals surface area contributed by atoms with Gasteiger partial charge in [-0.1, -0.05) is 35.5 Å². The molecule has 0 bridgehead atoms. The average Bonchev–Trinajstić information content (AvgIpc) is 3.45. The molecule has 1 aromatic heterocycles. The first-order chi connectivity index (χ1) is 14.9. The summed E-state index contributed by atoms with van der Waals surface area (Å²) in [7, 11) is -1.67. The van der Waals surface area contributed by atoms with E-state index in [-0.39, 0.29) is 10.8 Å². The van der Waals surface area contributed by atoms with Crippen molar-refractivity contribution < 1.29 is 13.2 Å². The number of carbonyl (C=O) groups excluding carboxylic acids is 1. The lowest BCUT2D eigenvalue weighted by Crippen LogP contribution is -2.27. The molecule has 164 valence electrons. The van der Waals surface area contributed by atoms with Crippen LogP contribution in [0.2, 0.25) is 0 Å². The molecule has 0 aliphatic carbocycles. The summed E-state index contributed by atoms with van der Waals surface area (Å²) in [4.78, 5) is 14.4. The second-order valence-corrected chi connectivity index (χ2v) is 9.85. The summed E-state index contributed by atoms with van der Waals surface area (Å²) >= 11 is 0. The molecule has 1 aliphatic heterocycles. The Labute approximate surface area is 182 Å². The van der Waals surface area contributed by atoms with E-state index in [4.69, 9.17) is 0 Å². The number of sulfonamides is 1. The van der Waals surface area contributed by atoms with Crippen molar-refractivity contribution in [1.29, 1.82) is 0 Å². The SMILES string of the molecule is CN(Cc1ccccc1)C(=O)CCCn1nnc2cc(S(=O)(=O)N3CCCC3)ccc21. The van der Waals surface area contributed by atoms with Crippen LogP contribution in [0.25, 0.3) is 11.0 Å². The summed E-state index contributed by atoms with van der Waals surface area (Å²) in [6, 6.07) is 14.9. The van der Waals surface area contributed by atoms with Crippen molar-refractivity contribution in [1.82, 2.24) is 24.2 Å². The number of hydrogen-bond donors (Lipinski definition) is 0. The van der Waals surface area contributed by atoms with Gasteiger partial charge in [0.05, 0.1) is 10.4 Å². The fourth-order valence-electron chi connectivity index (χ4n) is 3.87. The van der Waals surface area contributed by atoms with Crippen LogP contribution in [-0.2, 0) is 27.9 Å². The number of amides is 1. The van der Waals surface area contributed by atoms with E-state index in [0.717, 1.165) is 23.9 Å². The van der Waals surface area contributed by atoms with Crippen LogP contribution in [0.5, 0.6) is 0 Å². The summed E-state index contributed by atoms with van der Waals surface area (Å²) in [6.07, 6.45) is 2.84. The fraction of sp³-hybridized carbons (Fsp3) is 0.409. The monoisotopic (exact) mass is 441 g/mol. The van der Waals surface area contributed by atoms with Crippen molar-refractivity contribution in [3.8, 4) is 0 Å². The van der Waals surface area contributed by atoms with Gasteiger partial charge in [0.25, 0.3) is 0 Å². The zero-order valence-corrected chi connectivity index (χ0v) is 18.5. The maximum atomic E-state index is 12.8. The molecule has 0 saturated carbocycles. The van der Waals surface area contributed by atoms with E-state index in [1.165, 1.54) is 4.31 Å². The summed E-state index contributed by atoms with van der Waals surface area (Å²) in [5.41, 5.74) is 2.42. The van der Waals surface area contributed by atoms with Crippen molar-refractivity contribution >= 4 is 27.0 Å². The Hall–Kier alpha value is -2.78. The molecule has 3 aromatic rings. The van der Waals surface area contributed by atoms with E-state index >= 15 is 0 Å². The largest absolute Gasteiger partial charge is 0.341 e. The van der Waals surface area contributed by atoms with E-state index < -0.39 is 10.0 Å². The minimum atomic E-state index is -3.48. The van der Waals surface area contributed by atoms with Gasteiger partial charge in [-0.05, 0) is 43.0 Å². The quantitative estimate of drug-likeness (QED) is 0.536.